The van der Waals surface area contributed by atoms with Crippen molar-refractivity contribution < 1.29 is 28.7 Å². The van der Waals surface area contributed by atoms with Crippen molar-refractivity contribution in [1.82, 2.24) is 44.0 Å². The van der Waals surface area contributed by atoms with E-state index in [4.69, 9.17) is 16.2 Å². The zero-order valence-corrected chi connectivity index (χ0v) is 30.5. The Morgan fingerprint density at radius 3 is 1.78 bits per heavy atom. The summed E-state index contributed by atoms with van der Waals surface area (Å²) in [5, 5.41) is 17.1. The summed E-state index contributed by atoms with van der Waals surface area (Å²) in [7, 11) is 3.04. The van der Waals surface area contributed by atoms with Crippen LogP contribution in [0, 0.1) is 13.8 Å². The molecule has 54 heavy (non-hydrogen) atoms. The zero-order chi connectivity index (χ0) is 39.0. The van der Waals surface area contributed by atoms with Crippen LogP contribution >= 0.6 is 0 Å². The molecule has 19 nitrogen and oxygen atoms in total. The Morgan fingerprint density at radius 1 is 0.722 bits per heavy atom. The molecule has 0 unspecified atom stereocenters. The van der Waals surface area contributed by atoms with Gasteiger partial charge in [0.25, 0.3) is 17.7 Å². The molecule has 0 aliphatic heterocycles. The molecule has 0 aliphatic carbocycles. The Morgan fingerprint density at radius 2 is 1.24 bits per heavy atom. The molecule has 2 aromatic carbocycles. The summed E-state index contributed by atoms with van der Waals surface area (Å²) >= 11 is 0. The van der Waals surface area contributed by atoms with Gasteiger partial charge in [0.05, 0.1) is 40.6 Å². The van der Waals surface area contributed by atoms with Gasteiger partial charge in [-0.05, 0) is 64.1 Å². The van der Waals surface area contributed by atoms with Crippen LogP contribution in [0.5, 0.6) is 5.75 Å². The number of fused-ring (bicyclic) bond motifs is 2. The predicted octanol–water partition coefficient (Wildman–Crippen LogP) is 2.11. The number of benzene rings is 2. The van der Waals surface area contributed by atoms with Crippen LogP contribution in [0.1, 0.15) is 77.3 Å². The van der Waals surface area contributed by atoms with Crippen LogP contribution in [0.15, 0.2) is 36.4 Å². The molecular formula is C35H39N13O6. The molecule has 0 fully saturated rings. The zero-order valence-electron chi connectivity index (χ0n) is 30.5. The number of rotatable bonds is 13. The predicted molar refractivity (Wildman–Crippen MR) is 198 cm³/mol. The molecule has 4 heterocycles. The third kappa shape index (κ3) is 6.81. The fourth-order valence-electron chi connectivity index (χ4n) is 6.27. The number of primary amides is 2. The quantitative estimate of drug-likeness (QED) is 0.115. The average molecular weight is 738 g/mol. The lowest BCUT2D eigenvalue weighted by molar-refractivity contribution is 0.0950. The van der Waals surface area contributed by atoms with E-state index in [0.29, 0.717) is 52.4 Å². The second-order valence-corrected chi connectivity index (χ2v) is 12.4. The van der Waals surface area contributed by atoms with Crippen molar-refractivity contribution in [2.75, 3.05) is 24.3 Å². The summed E-state index contributed by atoms with van der Waals surface area (Å²) < 4.78 is 11.9. The van der Waals surface area contributed by atoms with Crippen molar-refractivity contribution in [3.63, 3.8) is 0 Å². The largest absolute Gasteiger partial charge is 0.494 e. The van der Waals surface area contributed by atoms with Crippen LogP contribution in [0.25, 0.3) is 22.1 Å². The summed E-state index contributed by atoms with van der Waals surface area (Å²) in [6, 6.07) is 9.04. The number of ether oxygens (including phenoxy) is 1. The smallest absolute Gasteiger partial charge is 0.276 e. The molecule has 0 atom stereocenters. The van der Waals surface area contributed by atoms with Crippen LogP contribution in [0.2, 0.25) is 0 Å². The lowest BCUT2D eigenvalue weighted by atomic mass is 10.1. The van der Waals surface area contributed by atoms with Gasteiger partial charge in [0.15, 0.2) is 0 Å². The number of methoxy groups -OCH3 is 1. The molecule has 7 N–H and O–H groups in total. The third-order valence-corrected chi connectivity index (χ3v) is 8.75. The maximum atomic E-state index is 13.9. The minimum Gasteiger partial charge on any atom is -0.494 e. The van der Waals surface area contributed by atoms with Crippen molar-refractivity contribution >= 4 is 63.5 Å². The van der Waals surface area contributed by atoms with Gasteiger partial charge >= 0.3 is 0 Å². The maximum absolute atomic E-state index is 13.9. The molecule has 0 saturated carbocycles. The molecule has 280 valence electrons. The summed E-state index contributed by atoms with van der Waals surface area (Å²) in [5.74, 6) is -2.51. The van der Waals surface area contributed by atoms with E-state index >= 15 is 0 Å². The van der Waals surface area contributed by atoms with Gasteiger partial charge in [0.1, 0.15) is 22.7 Å². The number of carbonyl (C=O) groups is 5. The second kappa shape index (κ2) is 14.5. The number of aromatic nitrogens is 8. The molecule has 4 aromatic heterocycles. The SMILES string of the molecule is CCn1nc(C)cc1C(=O)Nc1nc2cc(C(N)=O)cc(C(=O)NCCn3c(NC(=O)c4cc(C)nn4CC)nc4cc(C(N)=O)cc(OC)c43)c2n1C. The minimum atomic E-state index is -0.781. The lowest BCUT2D eigenvalue weighted by Crippen LogP contribution is -2.29. The Kier molecular flexibility index (Phi) is 9.88. The molecule has 6 aromatic rings. The van der Waals surface area contributed by atoms with Gasteiger partial charge in [-0.3, -0.25) is 44.0 Å². The van der Waals surface area contributed by atoms with Crippen LogP contribution < -0.4 is 32.2 Å². The molecule has 0 bridgehead atoms. The molecule has 5 amide bonds. The van der Waals surface area contributed by atoms with E-state index in [1.54, 1.807) is 47.0 Å². The van der Waals surface area contributed by atoms with Crippen molar-refractivity contribution in [3.8, 4) is 5.75 Å². The summed E-state index contributed by atoms with van der Waals surface area (Å²) in [6.07, 6.45) is 0. The van der Waals surface area contributed by atoms with Crippen molar-refractivity contribution in [1.29, 1.82) is 0 Å². The highest BCUT2D eigenvalue weighted by Crippen LogP contribution is 2.31. The van der Waals surface area contributed by atoms with E-state index in [1.165, 1.54) is 35.9 Å². The minimum absolute atomic E-state index is 0.00994. The molecule has 19 heteroatoms. The molecule has 0 aliphatic rings. The van der Waals surface area contributed by atoms with E-state index in [9.17, 15) is 24.0 Å². The van der Waals surface area contributed by atoms with Gasteiger partial charge in [0, 0.05) is 44.4 Å². The third-order valence-electron chi connectivity index (χ3n) is 8.75. The first-order valence-corrected chi connectivity index (χ1v) is 16.9. The molecule has 0 radical (unpaired) electrons. The highest BCUT2D eigenvalue weighted by molar-refractivity contribution is 6.10. The van der Waals surface area contributed by atoms with E-state index in [2.05, 4.69) is 36.1 Å². The Hall–Kier alpha value is -7.05. The first-order chi connectivity index (χ1) is 25.7. The average Bonchev–Trinajstić information content (AvgIpc) is 3.89. The topological polar surface area (TPSA) is 254 Å². The number of imidazole rings is 2. The first kappa shape index (κ1) is 36.7. The number of aryl methyl sites for hydroxylation is 5. The number of hydrogen-bond acceptors (Lipinski definition) is 10. The fourth-order valence-corrected chi connectivity index (χ4v) is 6.27. The van der Waals surface area contributed by atoms with Crippen molar-refractivity contribution in [2.24, 2.45) is 18.5 Å². The lowest BCUT2D eigenvalue weighted by Gasteiger charge is -2.14. The van der Waals surface area contributed by atoms with Gasteiger partial charge in [-0.2, -0.15) is 10.2 Å². The maximum Gasteiger partial charge on any atom is 0.276 e. The van der Waals surface area contributed by atoms with Gasteiger partial charge < -0.3 is 30.7 Å². The Bertz CT molecular complexity index is 2500. The highest BCUT2D eigenvalue weighted by atomic mass is 16.5. The van der Waals surface area contributed by atoms with Crippen LogP contribution in [0.4, 0.5) is 11.9 Å². The Labute approximate surface area is 307 Å². The standard InChI is InChI=1S/C35H39N13O6/c1-7-47-24(11-17(3)43-47)32(52)41-34-39-22-14-19(29(36)49)13-21(27(22)45(34)5)31(51)38-9-10-46-28-23(15-20(30(37)50)16-26(28)54-6)40-35(46)42-33(53)25-12-18(4)44-48(25)8-2/h11-16H,7-10H2,1-6H3,(H2,36,49)(H2,37,50)(H,38,51)(H,39,41,52)(H,40,42,53). The van der Waals surface area contributed by atoms with Gasteiger partial charge in [-0.1, -0.05) is 0 Å². The van der Waals surface area contributed by atoms with E-state index in [0.717, 1.165) is 0 Å². The van der Waals surface area contributed by atoms with E-state index < -0.39 is 29.5 Å². The van der Waals surface area contributed by atoms with Gasteiger partial charge in [0.2, 0.25) is 23.7 Å². The number of amides is 5. The number of nitrogens with two attached hydrogens (primary N) is 2. The summed E-state index contributed by atoms with van der Waals surface area (Å²) in [4.78, 5) is 74.1. The monoisotopic (exact) mass is 737 g/mol. The molecule has 0 spiro atoms. The number of nitrogens with one attached hydrogen (secondary N) is 3. The van der Waals surface area contributed by atoms with Crippen molar-refractivity contribution in [3.05, 3.63) is 75.9 Å². The van der Waals surface area contributed by atoms with Gasteiger partial charge in [-0.25, -0.2) is 9.97 Å². The fraction of sp³-hybridized carbons (Fsp3) is 0.286. The normalized spacial score (nSPS) is 11.2. The molecule has 0 saturated heterocycles. The number of hydrogen-bond donors (Lipinski definition) is 5. The van der Waals surface area contributed by atoms with Gasteiger partial charge in [-0.15, -0.1) is 0 Å². The second-order valence-electron chi connectivity index (χ2n) is 12.4. The number of nitrogens with zero attached hydrogens (tertiary/aromatic N) is 8. The van der Waals surface area contributed by atoms with Crippen LogP contribution in [-0.2, 0) is 26.7 Å². The summed E-state index contributed by atoms with van der Waals surface area (Å²) in [6.45, 7) is 8.25. The van der Waals surface area contributed by atoms with Crippen LogP contribution in [0.3, 0.4) is 0 Å². The summed E-state index contributed by atoms with van der Waals surface area (Å²) in [5.41, 5.74) is 14.7. The highest BCUT2D eigenvalue weighted by Gasteiger charge is 2.24. The first-order valence-electron chi connectivity index (χ1n) is 16.9. The van der Waals surface area contributed by atoms with Crippen molar-refractivity contribution in [2.45, 2.75) is 47.3 Å². The number of carbonyl (C=O) groups excluding carboxylic acids is 5. The number of anilines is 2. The van der Waals surface area contributed by atoms with E-state index in [-0.39, 0.29) is 52.9 Å². The Balaban J connectivity index is 1.32. The molecule has 6 rings (SSSR count). The van der Waals surface area contributed by atoms with E-state index in [1.807, 2.05) is 13.8 Å². The molecular weight excluding hydrogens is 698 g/mol. The van der Waals surface area contributed by atoms with Crippen LogP contribution in [-0.4, -0.2) is 81.9 Å².